The van der Waals surface area contributed by atoms with Crippen molar-refractivity contribution in [3.8, 4) is 5.75 Å². The number of aromatic hydroxyl groups is 1. The Balaban J connectivity index is 1.95. The van der Waals surface area contributed by atoms with Crippen molar-refractivity contribution in [2.24, 2.45) is 5.92 Å². The predicted molar refractivity (Wildman–Crippen MR) is 86.8 cm³/mol. The molecule has 0 unspecified atom stereocenters. The molecule has 0 fully saturated rings. The maximum absolute atomic E-state index is 12.1. The van der Waals surface area contributed by atoms with Gasteiger partial charge < -0.3 is 14.7 Å². The van der Waals surface area contributed by atoms with Crippen molar-refractivity contribution < 1.29 is 24.3 Å². The summed E-state index contributed by atoms with van der Waals surface area (Å²) in [7, 11) is 0. The fourth-order valence-electron chi connectivity index (χ4n) is 2.49. The molecule has 0 spiro atoms. The molecule has 0 saturated heterocycles. The molecule has 6 nitrogen and oxygen atoms in total. The van der Waals surface area contributed by atoms with Crippen LogP contribution in [0.3, 0.4) is 0 Å². The van der Waals surface area contributed by atoms with Crippen molar-refractivity contribution in [1.29, 1.82) is 0 Å². The van der Waals surface area contributed by atoms with E-state index in [1.54, 1.807) is 32.9 Å². The number of carbonyl (C=O) groups excluding carboxylic acids is 2. The van der Waals surface area contributed by atoms with Crippen LogP contribution in [0.25, 0.3) is 0 Å². The van der Waals surface area contributed by atoms with Crippen LogP contribution in [0.15, 0.2) is 16.6 Å². The number of halogens is 1. The second kappa shape index (κ2) is 6.78. The van der Waals surface area contributed by atoms with Crippen LogP contribution in [0.5, 0.6) is 5.75 Å². The third-order valence-electron chi connectivity index (χ3n) is 3.51. The van der Waals surface area contributed by atoms with Crippen molar-refractivity contribution in [3.05, 3.63) is 27.7 Å². The lowest BCUT2D eigenvalue weighted by Gasteiger charge is -2.25. The summed E-state index contributed by atoms with van der Waals surface area (Å²) in [5.41, 5.74) is 3.08. The van der Waals surface area contributed by atoms with E-state index in [0.29, 0.717) is 19.3 Å². The molecule has 2 rings (SSSR count). The van der Waals surface area contributed by atoms with E-state index in [0.717, 1.165) is 15.6 Å². The number of amides is 1. The number of phenols is 1. The van der Waals surface area contributed by atoms with Gasteiger partial charge in [-0.3, -0.25) is 0 Å². The Morgan fingerprint density at radius 1 is 1.30 bits per heavy atom. The van der Waals surface area contributed by atoms with Crippen molar-refractivity contribution in [3.63, 3.8) is 0 Å². The molecule has 7 heteroatoms. The zero-order chi connectivity index (χ0) is 17.2. The van der Waals surface area contributed by atoms with E-state index < -0.39 is 23.6 Å². The van der Waals surface area contributed by atoms with E-state index in [-0.39, 0.29) is 5.75 Å². The SMILES string of the molecule is CC(C)(C)OC(=O)NOC(=O)[C@H]1CCc2c(Br)ccc(O)c2C1. The van der Waals surface area contributed by atoms with E-state index >= 15 is 0 Å². The molecule has 1 aliphatic carbocycles. The van der Waals surface area contributed by atoms with Gasteiger partial charge in [-0.1, -0.05) is 15.9 Å². The van der Waals surface area contributed by atoms with Crippen molar-refractivity contribution in [2.75, 3.05) is 0 Å². The molecule has 0 aromatic heterocycles. The number of phenolic OH excluding ortho intramolecular Hbond substituents is 1. The Morgan fingerprint density at radius 2 is 2.00 bits per heavy atom. The average molecular weight is 386 g/mol. The van der Waals surface area contributed by atoms with Crippen LogP contribution in [-0.4, -0.2) is 22.8 Å². The summed E-state index contributed by atoms with van der Waals surface area (Å²) in [6.45, 7) is 5.15. The minimum Gasteiger partial charge on any atom is -0.508 e. The summed E-state index contributed by atoms with van der Waals surface area (Å²) in [6.07, 6.45) is 0.795. The number of carbonyl (C=O) groups is 2. The molecule has 1 aromatic rings. The number of hydrogen-bond acceptors (Lipinski definition) is 5. The van der Waals surface area contributed by atoms with Crippen LogP contribution in [0.1, 0.15) is 38.3 Å². The average Bonchev–Trinajstić information content (AvgIpc) is 2.46. The first-order chi connectivity index (χ1) is 10.7. The molecule has 23 heavy (non-hydrogen) atoms. The third-order valence-corrected chi connectivity index (χ3v) is 4.25. The van der Waals surface area contributed by atoms with Crippen LogP contribution in [-0.2, 0) is 27.2 Å². The largest absolute Gasteiger partial charge is 0.508 e. The molecule has 0 heterocycles. The fraction of sp³-hybridized carbons (Fsp3) is 0.500. The first-order valence-electron chi connectivity index (χ1n) is 7.36. The van der Waals surface area contributed by atoms with Gasteiger partial charge in [0, 0.05) is 4.47 Å². The monoisotopic (exact) mass is 385 g/mol. The van der Waals surface area contributed by atoms with Gasteiger partial charge in [0.1, 0.15) is 11.4 Å². The number of benzene rings is 1. The number of hydroxylamine groups is 1. The highest BCUT2D eigenvalue weighted by Gasteiger charge is 2.30. The van der Waals surface area contributed by atoms with Gasteiger partial charge in [-0.2, -0.15) is 0 Å². The zero-order valence-corrected chi connectivity index (χ0v) is 14.9. The highest BCUT2D eigenvalue weighted by Crippen LogP contribution is 2.36. The number of nitrogens with one attached hydrogen (secondary N) is 1. The molecule has 0 radical (unpaired) electrons. The van der Waals surface area contributed by atoms with Crippen molar-refractivity contribution >= 4 is 28.0 Å². The normalized spacial score (nSPS) is 17.1. The number of ether oxygens (including phenoxy) is 1. The summed E-state index contributed by atoms with van der Waals surface area (Å²) < 4.78 is 5.91. The molecule has 1 amide bonds. The second-order valence-corrected chi connectivity index (χ2v) is 7.34. The number of rotatable bonds is 1. The van der Waals surface area contributed by atoms with E-state index in [1.165, 1.54) is 0 Å². The minimum absolute atomic E-state index is 0.167. The molecule has 0 bridgehead atoms. The summed E-state index contributed by atoms with van der Waals surface area (Å²) in [6, 6.07) is 3.38. The highest BCUT2D eigenvalue weighted by molar-refractivity contribution is 9.10. The van der Waals surface area contributed by atoms with E-state index in [2.05, 4.69) is 15.9 Å². The van der Waals surface area contributed by atoms with Crippen LogP contribution >= 0.6 is 15.9 Å². The third kappa shape index (κ3) is 4.60. The first-order valence-corrected chi connectivity index (χ1v) is 8.15. The predicted octanol–water partition coefficient (Wildman–Crippen LogP) is 3.24. The number of hydrogen-bond donors (Lipinski definition) is 2. The summed E-state index contributed by atoms with van der Waals surface area (Å²) in [4.78, 5) is 28.4. The van der Waals surface area contributed by atoms with Crippen LogP contribution in [0.4, 0.5) is 4.79 Å². The Morgan fingerprint density at radius 3 is 2.65 bits per heavy atom. The van der Waals surface area contributed by atoms with Gasteiger partial charge in [0.2, 0.25) is 0 Å². The molecule has 1 atom stereocenters. The smallest absolute Gasteiger partial charge is 0.441 e. The first kappa shape index (κ1) is 17.6. The lowest BCUT2D eigenvalue weighted by molar-refractivity contribution is -0.156. The maximum atomic E-state index is 12.1. The molecule has 1 aromatic carbocycles. The van der Waals surface area contributed by atoms with Gasteiger partial charge in [-0.05, 0) is 63.3 Å². The van der Waals surface area contributed by atoms with Gasteiger partial charge in [0.25, 0.3) is 0 Å². The molecule has 126 valence electrons. The van der Waals surface area contributed by atoms with Crippen molar-refractivity contribution in [1.82, 2.24) is 5.48 Å². The van der Waals surface area contributed by atoms with Gasteiger partial charge >= 0.3 is 12.1 Å². The lowest BCUT2D eigenvalue weighted by Crippen LogP contribution is -2.36. The topological polar surface area (TPSA) is 84.9 Å². The second-order valence-electron chi connectivity index (χ2n) is 6.49. The summed E-state index contributed by atoms with van der Waals surface area (Å²) in [5.74, 6) is -0.792. The number of fused-ring (bicyclic) bond motifs is 1. The van der Waals surface area contributed by atoms with E-state index in [4.69, 9.17) is 9.57 Å². The lowest BCUT2D eigenvalue weighted by atomic mass is 9.83. The molecular weight excluding hydrogens is 366 g/mol. The standard InChI is InChI=1S/C16H20BrNO5/c1-16(2,3)22-15(21)18-23-14(20)9-4-5-10-11(8-9)13(19)7-6-12(10)17/h6-7,9,19H,4-5,8H2,1-3H3,(H,18,21)/t9-/m0/s1. The van der Waals surface area contributed by atoms with E-state index in [9.17, 15) is 14.7 Å². The van der Waals surface area contributed by atoms with Gasteiger partial charge in [0.05, 0.1) is 5.92 Å². The van der Waals surface area contributed by atoms with Gasteiger partial charge in [-0.25, -0.2) is 9.59 Å². The Hall–Kier alpha value is -1.76. The molecule has 0 saturated carbocycles. The maximum Gasteiger partial charge on any atom is 0.441 e. The molecule has 0 aliphatic heterocycles. The highest BCUT2D eigenvalue weighted by atomic mass is 79.9. The summed E-state index contributed by atoms with van der Waals surface area (Å²) in [5, 5.41) is 9.96. The van der Waals surface area contributed by atoms with Crippen LogP contribution in [0, 0.1) is 5.92 Å². The van der Waals surface area contributed by atoms with Gasteiger partial charge in [-0.15, -0.1) is 5.48 Å². The molecular formula is C16H20BrNO5. The van der Waals surface area contributed by atoms with E-state index in [1.807, 2.05) is 5.48 Å². The van der Waals surface area contributed by atoms with Crippen LogP contribution in [0.2, 0.25) is 0 Å². The Labute approximate surface area is 143 Å². The van der Waals surface area contributed by atoms with Gasteiger partial charge in [0.15, 0.2) is 0 Å². The van der Waals surface area contributed by atoms with Crippen LogP contribution < -0.4 is 5.48 Å². The Kier molecular flexibility index (Phi) is 5.19. The summed E-state index contributed by atoms with van der Waals surface area (Å²) >= 11 is 3.45. The molecule has 1 aliphatic rings. The zero-order valence-electron chi connectivity index (χ0n) is 13.3. The quantitative estimate of drug-likeness (QED) is 0.724. The minimum atomic E-state index is -0.812. The Bertz CT molecular complexity index is 624. The molecule has 2 N–H and O–H groups in total. The van der Waals surface area contributed by atoms with Crippen molar-refractivity contribution in [2.45, 2.75) is 45.6 Å². The fourth-order valence-corrected chi connectivity index (χ4v) is 3.06.